The average Bonchev–Trinajstić information content (AvgIpc) is 3.55. The van der Waals surface area contributed by atoms with Crippen molar-refractivity contribution in [2.45, 2.75) is 5.41 Å². The van der Waals surface area contributed by atoms with Gasteiger partial charge in [-0.3, -0.25) is 0 Å². The standard InChI is InChI=1S/C43H27N/c1-2-13-31-29(11-1)30-12-3-4-14-32(30)38-25-27(21-23-33(31)38)44-28-22-24-37-36-17-7-10-20-41(36)43(42(37)26-28)39-18-8-5-15-34(39)35-16-6-9-19-40(35)43/h1-26,44H. The highest BCUT2D eigenvalue weighted by atomic mass is 14.9. The number of hydrogen-bond donors (Lipinski definition) is 1. The van der Waals surface area contributed by atoms with Gasteiger partial charge >= 0.3 is 0 Å². The van der Waals surface area contributed by atoms with E-state index in [1.54, 1.807) is 0 Å². The molecule has 0 amide bonds. The molecule has 0 bridgehead atoms. The molecule has 1 nitrogen and oxygen atoms in total. The molecule has 2 aliphatic carbocycles. The fourth-order valence-corrected chi connectivity index (χ4v) is 8.32. The first-order valence-electron chi connectivity index (χ1n) is 15.4. The van der Waals surface area contributed by atoms with Crippen LogP contribution in [0.2, 0.25) is 0 Å². The van der Waals surface area contributed by atoms with E-state index in [2.05, 4.69) is 163 Å². The smallest absolute Gasteiger partial charge is 0.0726 e. The van der Waals surface area contributed by atoms with Gasteiger partial charge in [0.1, 0.15) is 0 Å². The number of fused-ring (bicyclic) bond motifs is 16. The van der Waals surface area contributed by atoms with Gasteiger partial charge < -0.3 is 5.32 Å². The minimum Gasteiger partial charge on any atom is -0.355 e. The maximum absolute atomic E-state index is 3.82. The molecule has 0 radical (unpaired) electrons. The van der Waals surface area contributed by atoms with Gasteiger partial charge in [-0.15, -0.1) is 0 Å². The molecule has 1 N–H and O–H groups in total. The van der Waals surface area contributed by atoms with Crippen LogP contribution in [-0.4, -0.2) is 0 Å². The van der Waals surface area contributed by atoms with Gasteiger partial charge in [-0.25, -0.2) is 0 Å². The van der Waals surface area contributed by atoms with Gasteiger partial charge in [0.05, 0.1) is 5.41 Å². The van der Waals surface area contributed by atoms with E-state index < -0.39 is 0 Å². The van der Waals surface area contributed by atoms with Gasteiger partial charge in [0.2, 0.25) is 0 Å². The van der Waals surface area contributed by atoms with Crippen LogP contribution in [-0.2, 0) is 5.41 Å². The third-order valence-electron chi connectivity index (χ3n) is 10.0. The summed E-state index contributed by atoms with van der Waals surface area (Å²) in [7, 11) is 0. The molecule has 1 spiro atoms. The first-order valence-corrected chi connectivity index (χ1v) is 15.4. The van der Waals surface area contributed by atoms with Gasteiger partial charge in [0.25, 0.3) is 0 Å². The Kier molecular flexibility index (Phi) is 4.71. The molecule has 8 aromatic rings. The molecule has 44 heavy (non-hydrogen) atoms. The van der Waals surface area contributed by atoms with Crippen molar-refractivity contribution in [2.24, 2.45) is 0 Å². The maximum atomic E-state index is 3.82. The molecular weight excluding hydrogens is 530 g/mol. The van der Waals surface area contributed by atoms with Gasteiger partial charge in [-0.05, 0) is 101 Å². The van der Waals surface area contributed by atoms with E-state index in [1.807, 2.05) is 0 Å². The Morgan fingerprint density at radius 2 is 0.682 bits per heavy atom. The summed E-state index contributed by atoms with van der Waals surface area (Å²) < 4.78 is 0. The van der Waals surface area contributed by atoms with Gasteiger partial charge in [0.15, 0.2) is 0 Å². The molecule has 1 heteroatoms. The Morgan fingerprint density at radius 3 is 1.23 bits per heavy atom. The number of benzene rings is 8. The molecule has 0 aromatic heterocycles. The Labute approximate surface area is 256 Å². The molecule has 0 unspecified atom stereocenters. The summed E-state index contributed by atoms with van der Waals surface area (Å²) in [5, 5.41) is 11.6. The predicted molar refractivity (Wildman–Crippen MR) is 185 cm³/mol. The molecule has 204 valence electrons. The summed E-state index contributed by atoms with van der Waals surface area (Å²) in [6, 6.07) is 58.3. The fourth-order valence-electron chi connectivity index (χ4n) is 8.32. The van der Waals surface area contributed by atoms with E-state index in [9.17, 15) is 0 Å². The van der Waals surface area contributed by atoms with Crippen LogP contribution in [0.3, 0.4) is 0 Å². The van der Waals surface area contributed by atoms with Crippen LogP contribution < -0.4 is 5.32 Å². The van der Waals surface area contributed by atoms with Crippen molar-refractivity contribution in [1.82, 2.24) is 0 Å². The lowest BCUT2D eigenvalue weighted by molar-refractivity contribution is 0.794. The lowest BCUT2D eigenvalue weighted by Crippen LogP contribution is -2.25. The first-order chi connectivity index (χ1) is 21.8. The summed E-state index contributed by atoms with van der Waals surface area (Å²) in [6.07, 6.45) is 0. The fraction of sp³-hybridized carbons (Fsp3) is 0.0233. The van der Waals surface area contributed by atoms with E-state index in [-0.39, 0.29) is 5.41 Å². The topological polar surface area (TPSA) is 12.0 Å². The summed E-state index contributed by atoms with van der Waals surface area (Å²) in [5.74, 6) is 0. The second-order valence-corrected chi connectivity index (χ2v) is 12.1. The van der Waals surface area contributed by atoms with Crippen molar-refractivity contribution in [3.8, 4) is 22.3 Å². The molecule has 8 aromatic carbocycles. The van der Waals surface area contributed by atoms with Crippen LogP contribution in [0.25, 0.3) is 54.6 Å². The minimum atomic E-state index is -0.338. The Bertz CT molecular complexity index is 2390. The van der Waals surface area contributed by atoms with E-state index in [0.717, 1.165) is 11.4 Å². The molecule has 0 saturated heterocycles. The number of rotatable bonds is 2. The molecule has 0 heterocycles. The van der Waals surface area contributed by atoms with E-state index in [0.29, 0.717) is 0 Å². The molecule has 0 atom stereocenters. The number of anilines is 2. The normalized spacial score (nSPS) is 13.6. The van der Waals surface area contributed by atoms with Crippen molar-refractivity contribution >= 4 is 43.7 Å². The predicted octanol–water partition coefficient (Wildman–Crippen LogP) is 11.2. The zero-order valence-electron chi connectivity index (χ0n) is 24.0. The second-order valence-electron chi connectivity index (χ2n) is 12.1. The molecule has 2 aliphatic rings. The largest absolute Gasteiger partial charge is 0.355 e. The maximum Gasteiger partial charge on any atom is 0.0726 e. The van der Waals surface area contributed by atoms with Crippen molar-refractivity contribution in [1.29, 1.82) is 0 Å². The molecular formula is C43H27N. The summed E-state index contributed by atoms with van der Waals surface area (Å²) in [5.41, 5.74) is 12.6. The first kappa shape index (κ1) is 23.9. The molecule has 0 saturated carbocycles. The van der Waals surface area contributed by atoms with Gasteiger partial charge in [-0.1, -0.05) is 133 Å². The van der Waals surface area contributed by atoms with Crippen molar-refractivity contribution < 1.29 is 0 Å². The minimum absolute atomic E-state index is 0.338. The van der Waals surface area contributed by atoms with Crippen LogP contribution in [0.1, 0.15) is 22.3 Å². The average molecular weight is 558 g/mol. The third-order valence-corrected chi connectivity index (χ3v) is 10.0. The van der Waals surface area contributed by atoms with Crippen molar-refractivity contribution in [3.05, 3.63) is 180 Å². The number of hydrogen-bond acceptors (Lipinski definition) is 1. The van der Waals surface area contributed by atoms with Crippen molar-refractivity contribution in [2.75, 3.05) is 5.32 Å². The van der Waals surface area contributed by atoms with Crippen LogP contribution in [0.5, 0.6) is 0 Å². The highest BCUT2D eigenvalue weighted by Gasteiger charge is 2.51. The summed E-state index contributed by atoms with van der Waals surface area (Å²) in [4.78, 5) is 0. The lowest BCUT2D eigenvalue weighted by atomic mass is 9.70. The van der Waals surface area contributed by atoms with Gasteiger partial charge in [-0.2, -0.15) is 0 Å². The Hall–Kier alpha value is -5.66. The quantitative estimate of drug-likeness (QED) is 0.208. The monoisotopic (exact) mass is 557 g/mol. The van der Waals surface area contributed by atoms with Crippen LogP contribution in [0.15, 0.2) is 158 Å². The van der Waals surface area contributed by atoms with E-state index in [4.69, 9.17) is 0 Å². The van der Waals surface area contributed by atoms with Crippen molar-refractivity contribution in [3.63, 3.8) is 0 Å². The summed E-state index contributed by atoms with van der Waals surface area (Å²) in [6.45, 7) is 0. The zero-order valence-corrected chi connectivity index (χ0v) is 24.0. The highest BCUT2D eigenvalue weighted by Crippen LogP contribution is 2.63. The summed E-state index contributed by atoms with van der Waals surface area (Å²) >= 11 is 0. The van der Waals surface area contributed by atoms with Crippen LogP contribution >= 0.6 is 0 Å². The molecule has 0 aliphatic heterocycles. The molecule has 10 rings (SSSR count). The molecule has 0 fully saturated rings. The van der Waals surface area contributed by atoms with Crippen LogP contribution in [0.4, 0.5) is 11.4 Å². The highest BCUT2D eigenvalue weighted by molar-refractivity contribution is 6.25. The van der Waals surface area contributed by atoms with E-state index in [1.165, 1.54) is 76.8 Å². The van der Waals surface area contributed by atoms with Crippen LogP contribution in [0, 0.1) is 0 Å². The van der Waals surface area contributed by atoms with E-state index >= 15 is 0 Å². The number of nitrogens with one attached hydrogen (secondary N) is 1. The van der Waals surface area contributed by atoms with Gasteiger partial charge in [0, 0.05) is 11.4 Å². The SMILES string of the molecule is c1ccc2c(c1)-c1ccccc1C21c2ccccc2-c2ccc(Nc3ccc4c5ccccc5c5ccccc5c4c3)cc21. The lowest BCUT2D eigenvalue weighted by Gasteiger charge is -2.30. The second kappa shape index (κ2) is 8.69. The Balaban J connectivity index is 1.18. The zero-order chi connectivity index (χ0) is 28.8. The Morgan fingerprint density at radius 1 is 0.295 bits per heavy atom. The third kappa shape index (κ3) is 2.98.